The van der Waals surface area contributed by atoms with Crippen molar-refractivity contribution in [3.8, 4) is 0 Å². The Bertz CT molecular complexity index is 513. The molecule has 0 aliphatic rings. The molecule has 1 heteroatoms. The molecule has 0 saturated heterocycles. The summed E-state index contributed by atoms with van der Waals surface area (Å²) in [5.41, 5.74) is 1.48. The summed E-state index contributed by atoms with van der Waals surface area (Å²) in [6.45, 7) is 7.96. The summed E-state index contributed by atoms with van der Waals surface area (Å²) in [6.07, 6.45) is 2.39. The van der Waals surface area contributed by atoms with Gasteiger partial charge in [0.2, 0.25) is 0 Å². The first kappa shape index (κ1) is 14.1. The summed E-state index contributed by atoms with van der Waals surface area (Å²) >= 11 is 0. The lowest BCUT2D eigenvalue weighted by Gasteiger charge is -2.20. The van der Waals surface area contributed by atoms with Crippen LogP contribution in [0, 0.1) is 0 Å². The molecule has 2 unspecified atom stereocenters. The van der Waals surface area contributed by atoms with Gasteiger partial charge in [-0.25, -0.2) is 0 Å². The minimum Gasteiger partial charge on any atom is -0.314 e. The predicted molar refractivity (Wildman–Crippen MR) is 84.7 cm³/mol. The van der Waals surface area contributed by atoms with E-state index in [-0.39, 0.29) is 0 Å². The van der Waals surface area contributed by atoms with E-state index in [2.05, 4.69) is 68.6 Å². The Morgan fingerprint density at radius 3 is 2.53 bits per heavy atom. The molecule has 0 radical (unpaired) electrons. The number of fused-ring (bicyclic) bond motifs is 1. The fourth-order valence-electron chi connectivity index (χ4n) is 2.81. The van der Waals surface area contributed by atoms with Gasteiger partial charge in [0.05, 0.1) is 0 Å². The number of hydrogen-bond donors (Lipinski definition) is 1. The highest BCUT2D eigenvalue weighted by Gasteiger charge is 2.12. The van der Waals surface area contributed by atoms with Crippen LogP contribution in [0.25, 0.3) is 10.8 Å². The molecule has 0 aromatic heterocycles. The molecule has 1 nitrogen and oxygen atoms in total. The molecule has 102 valence electrons. The van der Waals surface area contributed by atoms with Crippen LogP contribution in [0.4, 0.5) is 0 Å². The van der Waals surface area contributed by atoms with Gasteiger partial charge in [0.1, 0.15) is 0 Å². The summed E-state index contributed by atoms with van der Waals surface area (Å²) in [5.74, 6) is 0.588. The van der Waals surface area contributed by atoms with E-state index in [1.54, 1.807) is 0 Å². The molecule has 2 aromatic rings. The topological polar surface area (TPSA) is 12.0 Å². The summed E-state index contributed by atoms with van der Waals surface area (Å²) in [5, 5.41) is 6.33. The highest BCUT2D eigenvalue weighted by Crippen LogP contribution is 2.28. The Balaban J connectivity index is 2.15. The summed E-state index contributed by atoms with van der Waals surface area (Å²) in [4.78, 5) is 0. The maximum atomic E-state index is 3.58. The second-order valence-corrected chi connectivity index (χ2v) is 5.56. The van der Waals surface area contributed by atoms with Crippen LogP contribution in [0.2, 0.25) is 0 Å². The normalized spacial score (nSPS) is 14.5. The van der Waals surface area contributed by atoms with Gasteiger partial charge in [-0.05, 0) is 48.6 Å². The SMILES string of the molecule is CCCNC(C)CC(C)c1cccc2ccccc12. The smallest absolute Gasteiger partial charge is 0.00444 e. The van der Waals surface area contributed by atoms with E-state index in [1.807, 2.05) is 0 Å². The molecule has 0 spiro atoms. The third-order valence-corrected chi connectivity index (χ3v) is 3.80. The molecule has 0 fully saturated rings. The third-order valence-electron chi connectivity index (χ3n) is 3.80. The second kappa shape index (κ2) is 6.72. The first-order chi connectivity index (χ1) is 9.22. The van der Waals surface area contributed by atoms with E-state index >= 15 is 0 Å². The molecule has 2 aromatic carbocycles. The first-order valence-corrected chi connectivity index (χ1v) is 7.43. The van der Waals surface area contributed by atoms with E-state index in [1.165, 1.54) is 29.2 Å². The number of benzene rings is 2. The highest BCUT2D eigenvalue weighted by molar-refractivity contribution is 5.86. The maximum Gasteiger partial charge on any atom is 0.00444 e. The number of nitrogens with one attached hydrogen (secondary N) is 1. The van der Waals surface area contributed by atoms with Crippen molar-refractivity contribution in [1.29, 1.82) is 0 Å². The molecule has 0 aliphatic heterocycles. The van der Waals surface area contributed by atoms with Crippen molar-refractivity contribution in [3.63, 3.8) is 0 Å². The molecule has 0 heterocycles. The molecular weight excluding hydrogens is 230 g/mol. The van der Waals surface area contributed by atoms with E-state index < -0.39 is 0 Å². The van der Waals surface area contributed by atoms with Crippen LogP contribution >= 0.6 is 0 Å². The molecule has 0 amide bonds. The van der Waals surface area contributed by atoms with Crippen molar-refractivity contribution in [2.24, 2.45) is 0 Å². The number of hydrogen-bond acceptors (Lipinski definition) is 1. The standard InChI is InChI=1S/C18H25N/c1-4-12-19-15(3)13-14(2)17-11-7-9-16-8-5-6-10-18(16)17/h5-11,14-15,19H,4,12-13H2,1-3H3. The average Bonchev–Trinajstić information content (AvgIpc) is 2.44. The molecular formula is C18H25N. The molecule has 1 N–H and O–H groups in total. The fourth-order valence-corrected chi connectivity index (χ4v) is 2.81. The largest absolute Gasteiger partial charge is 0.314 e. The zero-order chi connectivity index (χ0) is 13.7. The number of rotatable bonds is 6. The second-order valence-electron chi connectivity index (χ2n) is 5.56. The summed E-state index contributed by atoms with van der Waals surface area (Å²) in [6, 6.07) is 15.9. The molecule has 2 rings (SSSR count). The average molecular weight is 255 g/mol. The first-order valence-electron chi connectivity index (χ1n) is 7.43. The van der Waals surface area contributed by atoms with Crippen molar-refractivity contribution in [2.75, 3.05) is 6.54 Å². The van der Waals surface area contributed by atoms with Crippen LogP contribution in [0.1, 0.15) is 45.1 Å². The third kappa shape index (κ3) is 3.57. The minimum atomic E-state index is 0.578. The van der Waals surface area contributed by atoms with Crippen molar-refractivity contribution in [1.82, 2.24) is 5.32 Å². The van der Waals surface area contributed by atoms with E-state index in [0.29, 0.717) is 12.0 Å². The van der Waals surface area contributed by atoms with Gasteiger partial charge in [-0.2, -0.15) is 0 Å². The van der Waals surface area contributed by atoms with Crippen LogP contribution < -0.4 is 5.32 Å². The molecule has 19 heavy (non-hydrogen) atoms. The quantitative estimate of drug-likeness (QED) is 0.787. The van der Waals surface area contributed by atoms with Gasteiger partial charge in [0.15, 0.2) is 0 Å². The molecule has 0 aliphatic carbocycles. The lowest BCUT2D eigenvalue weighted by molar-refractivity contribution is 0.480. The Morgan fingerprint density at radius 1 is 1.00 bits per heavy atom. The van der Waals surface area contributed by atoms with Gasteiger partial charge in [0, 0.05) is 6.04 Å². The van der Waals surface area contributed by atoms with Crippen molar-refractivity contribution in [3.05, 3.63) is 48.0 Å². The van der Waals surface area contributed by atoms with Gasteiger partial charge >= 0.3 is 0 Å². The van der Waals surface area contributed by atoms with E-state index in [9.17, 15) is 0 Å². The van der Waals surface area contributed by atoms with Crippen LogP contribution in [-0.4, -0.2) is 12.6 Å². The van der Waals surface area contributed by atoms with Gasteiger partial charge in [0.25, 0.3) is 0 Å². The summed E-state index contributed by atoms with van der Waals surface area (Å²) in [7, 11) is 0. The Hall–Kier alpha value is -1.34. The predicted octanol–water partition coefficient (Wildman–Crippen LogP) is 4.72. The lowest BCUT2D eigenvalue weighted by atomic mass is 9.90. The fraction of sp³-hybridized carbons (Fsp3) is 0.444. The summed E-state index contributed by atoms with van der Waals surface area (Å²) < 4.78 is 0. The highest BCUT2D eigenvalue weighted by atomic mass is 14.9. The molecule has 0 saturated carbocycles. The van der Waals surface area contributed by atoms with E-state index in [4.69, 9.17) is 0 Å². The van der Waals surface area contributed by atoms with Gasteiger partial charge in [-0.15, -0.1) is 0 Å². The minimum absolute atomic E-state index is 0.578. The Labute approximate surface area is 117 Å². The van der Waals surface area contributed by atoms with Crippen LogP contribution in [0.5, 0.6) is 0 Å². The lowest BCUT2D eigenvalue weighted by Crippen LogP contribution is -2.28. The van der Waals surface area contributed by atoms with Crippen LogP contribution in [0.3, 0.4) is 0 Å². The molecule has 2 atom stereocenters. The zero-order valence-corrected chi connectivity index (χ0v) is 12.3. The maximum absolute atomic E-state index is 3.58. The van der Waals surface area contributed by atoms with Crippen molar-refractivity contribution in [2.45, 2.75) is 45.6 Å². The Kier molecular flexibility index (Phi) is 4.98. The van der Waals surface area contributed by atoms with E-state index in [0.717, 1.165) is 6.54 Å². The zero-order valence-electron chi connectivity index (χ0n) is 12.3. The Morgan fingerprint density at radius 2 is 1.74 bits per heavy atom. The monoisotopic (exact) mass is 255 g/mol. The van der Waals surface area contributed by atoms with Gasteiger partial charge in [-0.1, -0.05) is 56.3 Å². The van der Waals surface area contributed by atoms with Crippen molar-refractivity contribution < 1.29 is 0 Å². The van der Waals surface area contributed by atoms with Crippen LogP contribution in [-0.2, 0) is 0 Å². The van der Waals surface area contributed by atoms with Crippen molar-refractivity contribution >= 4 is 10.8 Å². The molecule has 0 bridgehead atoms. The van der Waals surface area contributed by atoms with Gasteiger partial charge < -0.3 is 5.32 Å². The van der Waals surface area contributed by atoms with Crippen LogP contribution in [0.15, 0.2) is 42.5 Å². The van der Waals surface area contributed by atoms with Gasteiger partial charge in [-0.3, -0.25) is 0 Å².